The molecular formula is C64H30F4. The second-order valence-electron chi connectivity index (χ2n) is 18.6. The molecule has 0 radical (unpaired) electrons. The van der Waals surface area contributed by atoms with E-state index in [4.69, 9.17) is 0 Å². The van der Waals surface area contributed by atoms with Crippen molar-refractivity contribution in [2.24, 2.45) is 0 Å². The van der Waals surface area contributed by atoms with Crippen LogP contribution in [0.25, 0.3) is 141 Å². The lowest BCUT2D eigenvalue weighted by atomic mass is 9.88. The third-order valence-corrected chi connectivity index (χ3v) is 15.4. The van der Waals surface area contributed by atoms with Crippen molar-refractivity contribution in [3.63, 3.8) is 0 Å². The summed E-state index contributed by atoms with van der Waals surface area (Å²) in [6.07, 6.45) is 0. The van der Waals surface area contributed by atoms with Crippen LogP contribution >= 0.6 is 0 Å². The molecule has 0 N–H and O–H groups in total. The Morgan fingerprint density at radius 1 is 0.206 bits per heavy atom. The van der Waals surface area contributed by atoms with Crippen molar-refractivity contribution >= 4 is 108 Å². The largest absolute Gasteiger partial charge is 0.207 e. The molecule has 0 aliphatic heterocycles. The summed E-state index contributed by atoms with van der Waals surface area (Å²) >= 11 is 0. The predicted octanol–water partition coefficient (Wildman–Crippen LogP) is 18.0. The van der Waals surface area contributed by atoms with Gasteiger partial charge >= 0.3 is 0 Å². The first-order chi connectivity index (χ1) is 33.4. The normalized spacial score (nSPS) is 12.7. The standard InChI is InChI=1S/C64H30F4/c65-34-25-32(26-35(66)29-34)53-41-13-6-7-14-42(41)54(33-27-36(67)30-37(68)28-33)63-50-23-19-44-46-20-24-51-59-48(21-17-45(56(46)59)43-18-22-49(62(53)63)58(50)55(43)44)61-52(31-9-2-1-3-10-31)47-16-8-15-39-38-11-4-5-12-40(38)60(57(39)47)64(51)61/h1-30H. The van der Waals surface area contributed by atoms with Crippen LogP contribution < -0.4 is 0 Å². The van der Waals surface area contributed by atoms with Crippen LogP contribution in [0.3, 0.4) is 0 Å². The quantitative estimate of drug-likeness (QED) is 0.0942. The fourth-order valence-electron chi connectivity index (χ4n) is 13.1. The molecule has 4 heteroatoms. The van der Waals surface area contributed by atoms with Crippen molar-refractivity contribution in [2.45, 2.75) is 0 Å². The Labute approximate surface area is 383 Å². The third kappa shape index (κ3) is 4.41. The lowest BCUT2D eigenvalue weighted by Crippen LogP contribution is -1.94. The first-order valence-electron chi connectivity index (χ1n) is 22.9. The maximum atomic E-state index is 15.3. The van der Waals surface area contributed by atoms with Crippen molar-refractivity contribution in [1.82, 2.24) is 0 Å². The first-order valence-corrected chi connectivity index (χ1v) is 22.9. The zero-order chi connectivity index (χ0) is 44.8. The van der Waals surface area contributed by atoms with E-state index >= 15 is 17.6 Å². The Morgan fingerprint density at radius 3 is 1.15 bits per heavy atom. The molecule has 68 heavy (non-hydrogen) atoms. The zero-order valence-corrected chi connectivity index (χ0v) is 35.8. The van der Waals surface area contributed by atoms with Gasteiger partial charge in [-0.05, 0) is 186 Å². The van der Waals surface area contributed by atoms with E-state index in [0.29, 0.717) is 22.3 Å². The van der Waals surface area contributed by atoms with Gasteiger partial charge in [-0.1, -0.05) is 146 Å². The molecule has 0 spiro atoms. The second-order valence-corrected chi connectivity index (χ2v) is 18.6. The molecule has 16 rings (SSSR count). The Morgan fingerprint density at radius 2 is 0.574 bits per heavy atom. The molecule has 0 unspecified atom stereocenters. The van der Waals surface area contributed by atoms with Gasteiger partial charge in [0.15, 0.2) is 0 Å². The molecule has 1 aliphatic carbocycles. The number of rotatable bonds is 3. The molecule has 0 amide bonds. The topological polar surface area (TPSA) is 0 Å². The fourth-order valence-corrected chi connectivity index (χ4v) is 13.1. The molecule has 1 aliphatic rings. The van der Waals surface area contributed by atoms with E-state index in [-0.39, 0.29) is 0 Å². The average Bonchev–Trinajstić information content (AvgIpc) is 3.99. The maximum Gasteiger partial charge on any atom is 0.126 e. The van der Waals surface area contributed by atoms with E-state index in [2.05, 4.69) is 121 Å². The van der Waals surface area contributed by atoms with E-state index in [9.17, 15) is 0 Å². The maximum absolute atomic E-state index is 15.3. The minimum atomic E-state index is -0.688. The van der Waals surface area contributed by atoms with E-state index in [1.807, 2.05) is 24.3 Å². The summed E-state index contributed by atoms with van der Waals surface area (Å²) in [5.74, 6) is -2.75. The van der Waals surface area contributed by atoms with Crippen LogP contribution in [0.5, 0.6) is 0 Å². The monoisotopic (exact) mass is 874 g/mol. The summed E-state index contributed by atoms with van der Waals surface area (Å²) in [5.41, 5.74) is 4.53. The van der Waals surface area contributed by atoms with Crippen LogP contribution in [0.1, 0.15) is 0 Å². The highest BCUT2D eigenvalue weighted by Gasteiger charge is 2.28. The predicted molar refractivity (Wildman–Crippen MR) is 273 cm³/mol. The SMILES string of the molecule is Fc1cc(F)cc(-c2c3c(c(-c4cc(F)cc(F)c4)c4ccccc24)=c2ccc4c5ccc6c7c(ccc(c8ccc=3c2c84)c57)c2c(-c3ccccc3)c3cccc4c5ccccc5c(c34)c62)c1. The van der Waals surface area contributed by atoms with Crippen LogP contribution in [0.2, 0.25) is 0 Å². The Balaban J connectivity index is 1.13. The number of hydrogen-bond donors (Lipinski definition) is 0. The molecule has 0 bridgehead atoms. The van der Waals surface area contributed by atoms with Crippen LogP contribution in [-0.2, 0) is 0 Å². The number of fused-ring (bicyclic) bond motifs is 11. The van der Waals surface area contributed by atoms with Gasteiger partial charge in [0.05, 0.1) is 0 Å². The molecule has 15 aromatic carbocycles. The summed E-state index contributed by atoms with van der Waals surface area (Å²) in [5, 5.41) is 26.4. The minimum absolute atomic E-state index is 0.387. The van der Waals surface area contributed by atoms with E-state index in [1.165, 1.54) is 100 Å². The summed E-state index contributed by atoms with van der Waals surface area (Å²) in [7, 11) is 0. The second kappa shape index (κ2) is 12.6. The van der Waals surface area contributed by atoms with Crippen molar-refractivity contribution < 1.29 is 17.6 Å². The average molecular weight is 875 g/mol. The highest BCUT2D eigenvalue weighted by molar-refractivity contribution is 6.50. The Bertz CT molecular complexity index is 4790. The molecule has 314 valence electrons. The van der Waals surface area contributed by atoms with Crippen molar-refractivity contribution in [3.05, 3.63) is 226 Å². The van der Waals surface area contributed by atoms with Gasteiger partial charge < -0.3 is 0 Å². The first kappa shape index (κ1) is 36.6. The summed E-state index contributed by atoms with van der Waals surface area (Å²) in [6.45, 7) is 0. The molecule has 0 fully saturated rings. The van der Waals surface area contributed by atoms with Gasteiger partial charge in [0.2, 0.25) is 0 Å². The van der Waals surface area contributed by atoms with E-state index < -0.39 is 23.3 Å². The Hall–Kier alpha value is -8.60. The highest BCUT2D eigenvalue weighted by Crippen LogP contribution is 2.55. The molecule has 0 atom stereocenters. The van der Waals surface area contributed by atoms with Crippen molar-refractivity contribution in [3.8, 4) is 33.4 Å². The van der Waals surface area contributed by atoms with Gasteiger partial charge in [0, 0.05) is 12.1 Å². The molecule has 0 heterocycles. The number of hydrogen-bond acceptors (Lipinski definition) is 0. The molecule has 0 nitrogen and oxygen atoms in total. The molecule has 0 saturated carbocycles. The van der Waals surface area contributed by atoms with Gasteiger partial charge in [-0.25, -0.2) is 17.6 Å². The van der Waals surface area contributed by atoms with Crippen LogP contribution in [0.4, 0.5) is 17.6 Å². The molecule has 0 saturated heterocycles. The highest BCUT2D eigenvalue weighted by atomic mass is 19.1. The summed E-state index contributed by atoms with van der Waals surface area (Å²) < 4.78 is 61.3. The third-order valence-electron chi connectivity index (χ3n) is 15.4. The number of halogens is 4. The van der Waals surface area contributed by atoms with Gasteiger partial charge in [0.25, 0.3) is 0 Å². The lowest BCUT2D eigenvalue weighted by molar-refractivity contribution is 0.583. The minimum Gasteiger partial charge on any atom is -0.207 e. The van der Waals surface area contributed by atoms with Gasteiger partial charge in [-0.2, -0.15) is 0 Å². The summed E-state index contributed by atoms with van der Waals surface area (Å²) in [4.78, 5) is 0. The van der Waals surface area contributed by atoms with Crippen molar-refractivity contribution in [2.75, 3.05) is 0 Å². The smallest absolute Gasteiger partial charge is 0.126 e. The van der Waals surface area contributed by atoms with Crippen molar-refractivity contribution in [1.29, 1.82) is 0 Å². The fraction of sp³-hybridized carbons (Fsp3) is 0. The van der Waals surface area contributed by atoms with Gasteiger partial charge in [-0.3, -0.25) is 0 Å². The van der Waals surface area contributed by atoms with Crippen LogP contribution in [-0.4, -0.2) is 0 Å². The molecule has 15 aromatic rings. The van der Waals surface area contributed by atoms with Crippen LogP contribution in [0, 0.1) is 44.1 Å². The van der Waals surface area contributed by atoms with Gasteiger partial charge in [-0.15, -0.1) is 0 Å². The zero-order valence-electron chi connectivity index (χ0n) is 35.8. The van der Waals surface area contributed by atoms with Crippen LogP contribution in [0.15, 0.2) is 182 Å². The summed E-state index contributed by atoms with van der Waals surface area (Å²) in [6, 6.07) is 59.2. The number of benzene rings is 13. The molecular weight excluding hydrogens is 845 g/mol. The van der Waals surface area contributed by atoms with E-state index in [0.717, 1.165) is 76.1 Å². The van der Waals surface area contributed by atoms with Gasteiger partial charge in [0.1, 0.15) is 23.3 Å². The molecule has 0 aromatic heterocycles. The van der Waals surface area contributed by atoms with E-state index in [1.54, 1.807) is 0 Å². The Kier molecular flexibility index (Phi) is 6.80. The lowest BCUT2D eigenvalue weighted by Gasteiger charge is -2.15.